The van der Waals surface area contributed by atoms with Crippen molar-refractivity contribution in [3.05, 3.63) is 0 Å². The first-order valence-electron chi connectivity index (χ1n) is 7.13. The molecule has 0 aliphatic heterocycles. The Morgan fingerprint density at radius 2 is 1.59 bits per heavy atom. The topological polar surface area (TPSA) is 24.5 Å². The molecular weight excluding hydrogens is 212 g/mol. The maximum absolute atomic E-state index is 5.42. The fourth-order valence-electron chi connectivity index (χ4n) is 3.08. The molecule has 1 unspecified atom stereocenters. The van der Waals surface area contributed by atoms with Gasteiger partial charge in [0.1, 0.15) is 0 Å². The van der Waals surface area contributed by atoms with E-state index in [-0.39, 0.29) is 5.54 Å². The Morgan fingerprint density at radius 1 is 1.06 bits per heavy atom. The Morgan fingerprint density at radius 3 is 1.88 bits per heavy atom. The molecule has 0 heterocycles. The van der Waals surface area contributed by atoms with E-state index in [2.05, 4.69) is 44.8 Å². The maximum Gasteiger partial charge on any atom is 0.0633 e. The Balaban J connectivity index is 5.08. The SMILES string of the molecule is CCNC(COC)C(CC)(CC)N(CC)CC. The monoisotopic (exact) mass is 244 g/mol. The van der Waals surface area contributed by atoms with Crippen molar-refractivity contribution in [3.8, 4) is 0 Å². The van der Waals surface area contributed by atoms with Gasteiger partial charge in [-0.1, -0.05) is 34.6 Å². The first-order chi connectivity index (χ1) is 8.16. The van der Waals surface area contributed by atoms with Crippen LogP contribution in [0.2, 0.25) is 0 Å². The van der Waals surface area contributed by atoms with Crippen LogP contribution in [0.1, 0.15) is 47.5 Å². The zero-order valence-corrected chi connectivity index (χ0v) is 12.7. The van der Waals surface area contributed by atoms with Gasteiger partial charge in [-0.2, -0.15) is 0 Å². The lowest BCUT2D eigenvalue weighted by Gasteiger charge is -2.48. The van der Waals surface area contributed by atoms with Crippen molar-refractivity contribution in [1.82, 2.24) is 10.2 Å². The van der Waals surface area contributed by atoms with Crippen LogP contribution in [-0.2, 0) is 4.74 Å². The molecule has 0 rings (SSSR count). The van der Waals surface area contributed by atoms with Crippen LogP contribution in [0.25, 0.3) is 0 Å². The number of methoxy groups -OCH3 is 1. The number of nitrogens with one attached hydrogen (secondary N) is 1. The molecule has 0 radical (unpaired) electrons. The summed E-state index contributed by atoms with van der Waals surface area (Å²) in [6, 6.07) is 0.410. The second-order valence-corrected chi connectivity index (χ2v) is 4.55. The van der Waals surface area contributed by atoms with Crippen molar-refractivity contribution < 1.29 is 4.74 Å². The predicted octanol–water partition coefficient (Wildman–Crippen LogP) is 2.51. The van der Waals surface area contributed by atoms with Gasteiger partial charge in [0.05, 0.1) is 6.61 Å². The summed E-state index contributed by atoms with van der Waals surface area (Å²) in [6.07, 6.45) is 2.32. The van der Waals surface area contributed by atoms with Gasteiger partial charge in [0.2, 0.25) is 0 Å². The van der Waals surface area contributed by atoms with Crippen LogP contribution in [0.4, 0.5) is 0 Å². The van der Waals surface area contributed by atoms with Gasteiger partial charge in [-0.3, -0.25) is 4.90 Å². The number of nitrogens with zero attached hydrogens (tertiary/aromatic N) is 1. The molecule has 0 saturated heterocycles. The summed E-state index contributed by atoms with van der Waals surface area (Å²) < 4.78 is 5.42. The van der Waals surface area contributed by atoms with Crippen molar-refractivity contribution in [1.29, 1.82) is 0 Å². The van der Waals surface area contributed by atoms with E-state index in [0.717, 1.165) is 39.1 Å². The minimum Gasteiger partial charge on any atom is -0.383 e. The fraction of sp³-hybridized carbons (Fsp3) is 1.00. The third-order valence-corrected chi connectivity index (χ3v) is 4.05. The van der Waals surface area contributed by atoms with Crippen molar-refractivity contribution >= 4 is 0 Å². The molecule has 104 valence electrons. The molecule has 1 atom stereocenters. The highest BCUT2D eigenvalue weighted by atomic mass is 16.5. The lowest BCUT2D eigenvalue weighted by molar-refractivity contribution is 0.0162. The summed E-state index contributed by atoms with van der Waals surface area (Å²) in [5.74, 6) is 0. The minimum atomic E-state index is 0.218. The first kappa shape index (κ1) is 16.9. The van der Waals surface area contributed by atoms with E-state index in [1.807, 2.05) is 0 Å². The summed E-state index contributed by atoms with van der Waals surface area (Å²) in [7, 11) is 1.79. The van der Waals surface area contributed by atoms with Crippen LogP contribution in [0.5, 0.6) is 0 Å². The van der Waals surface area contributed by atoms with Crippen LogP contribution in [0, 0.1) is 0 Å². The molecule has 0 aromatic rings. The van der Waals surface area contributed by atoms with E-state index in [0.29, 0.717) is 6.04 Å². The molecule has 3 heteroatoms. The molecule has 0 aliphatic carbocycles. The molecular formula is C14H32N2O. The smallest absolute Gasteiger partial charge is 0.0633 e. The number of hydrogen-bond donors (Lipinski definition) is 1. The van der Waals surface area contributed by atoms with Crippen LogP contribution in [-0.4, -0.2) is 49.8 Å². The third kappa shape index (κ3) is 3.94. The van der Waals surface area contributed by atoms with Gasteiger partial charge in [0.15, 0.2) is 0 Å². The highest BCUT2D eigenvalue weighted by Crippen LogP contribution is 2.28. The van der Waals surface area contributed by atoms with Crippen LogP contribution in [0.15, 0.2) is 0 Å². The van der Waals surface area contributed by atoms with Gasteiger partial charge in [0, 0.05) is 18.7 Å². The third-order valence-electron chi connectivity index (χ3n) is 4.05. The lowest BCUT2D eigenvalue weighted by Crippen LogP contribution is -2.62. The molecule has 0 bridgehead atoms. The molecule has 0 aromatic heterocycles. The van der Waals surface area contributed by atoms with E-state index in [4.69, 9.17) is 4.74 Å². The molecule has 0 aromatic carbocycles. The standard InChI is InChI=1S/C14H32N2O/c1-7-14(8-2,16(10-4)11-5)13(12-17-6)15-9-3/h13,15H,7-12H2,1-6H3. The zero-order valence-electron chi connectivity index (χ0n) is 12.7. The van der Waals surface area contributed by atoms with Crippen molar-refractivity contribution in [3.63, 3.8) is 0 Å². The van der Waals surface area contributed by atoms with Gasteiger partial charge in [-0.15, -0.1) is 0 Å². The average molecular weight is 244 g/mol. The van der Waals surface area contributed by atoms with E-state index in [1.54, 1.807) is 7.11 Å². The summed E-state index contributed by atoms with van der Waals surface area (Å²) in [6.45, 7) is 15.2. The van der Waals surface area contributed by atoms with E-state index in [9.17, 15) is 0 Å². The molecule has 0 saturated carbocycles. The fourth-order valence-corrected chi connectivity index (χ4v) is 3.08. The van der Waals surface area contributed by atoms with Gasteiger partial charge >= 0.3 is 0 Å². The van der Waals surface area contributed by atoms with Gasteiger partial charge in [0.25, 0.3) is 0 Å². The van der Waals surface area contributed by atoms with Crippen molar-refractivity contribution in [2.24, 2.45) is 0 Å². The summed E-state index contributed by atoms with van der Waals surface area (Å²) in [4.78, 5) is 2.58. The molecule has 0 amide bonds. The predicted molar refractivity (Wildman–Crippen MR) is 75.6 cm³/mol. The summed E-state index contributed by atoms with van der Waals surface area (Å²) in [5, 5.41) is 3.61. The quantitative estimate of drug-likeness (QED) is 0.639. The first-order valence-corrected chi connectivity index (χ1v) is 7.13. The minimum absolute atomic E-state index is 0.218. The Labute approximate surface area is 108 Å². The van der Waals surface area contributed by atoms with Crippen molar-refractivity contribution in [2.75, 3.05) is 33.4 Å². The second-order valence-electron chi connectivity index (χ2n) is 4.55. The summed E-state index contributed by atoms with van der Waals surface area (Å²) in [5.41, 5.74) is 0.218. The average Bonchev–Trinajstić information content (AvgIpc) is 2.36. The largest absolute Gasteiger partial charge is 0.383 e. The number of rotatable bonds is 10. The molecule has 3 nitrogen and oxygen atoms in total. The van der Waals surface area contributed by atoms with Gasteiger partial charge in [-0.25, -0.2) is 0 Å². The highest BCUT2D eigenvalue weighted by Gasteiger charge is 2.39. The van der Waals surface area contributed by atoms with E-state index in [1.165, 1.54) is 0 Å². The summed E-state index contributed by atoms with van der Waals surface area (Å²) >= 11 is 0. The Hall–Kier alpha value is -0.120. The molecule has 0 spiro atoms. The number of ether oxygens (including phenoxy) is 1. The molecule has 0 aliphatic rings. The van der Waals surface area contributed by atoms with Gasteiger partial charge < -0.3 is 10.1 Å². The van der Waals surface area contributed by atoms with Crippen molar-refractivity contribution in [2.45, 2.75) is 59.0 Å². The zero-order chi connectivity index (χ0) is 13.3. The molecule has 17 heavy (non-hydrogen) atoms. The van der Waals surface area contributed by atoms with Crippen LogP contribution >= 0.6 is 0 Å². The Kier molecular flexibility index (Phi) is 8.83. The van der Waals surface area contributed by atoms with Crippen LogP contribution < -0.4 is 5.32 Å². The normalized spacial score (nSPS) is 14.3. The highest BCUT2D eigenvalue weighted by molar-refractivity contribution is 4.98. The molecule has 1 N–H and O–H groups in total. The maximum atomic E-state index is 5.42. The van der Waals surface area contributed by atoms with E-state index >= 15 is 0 Å². The van der Waals surface area contributed by atoms with E-state index < -0.39 is 0 Å². The number of hydrogen-bond acceptors (Lipinski definition) is 3. The Bertz CT molecular complexity index is 171. The lowest BCUT2D eigenvalue weighted by atomic mass is 9.82. The van der Waals surface area contributed by atoms with Crippen LogP contribution in [0.3, 0.4) is 0 Å². The molecule has 0 fully saturated rings. The number of likely N-dealkylation sites (N-methyl/N-ethyl adjacent to an activating group) is 2. The second kappa shape index (κ2) is 8.90. The van der Waals surface area contributed by atoms with Gasteiger partial charge in [-0.05, 0) is 32.5 Å².